The first kappa shape index (κ1) is 68.2. The number of aliphatic carboxylic acids is 1. The highest BCUT2D eigenvalue weighted by Crippen LogP contribution is 2.34. The Morgan fingerprint density at radius 1 is 0.833 bits per heavy atom. The second kappa shape index (κ2) is 31.9. The Balaban J connectivity index is 1.91. The molecular formula is C54H77N13O16S. The zero-order valence-electron chi connectivity index (χ0n) is 47.7. The average Bonchev–Trinajstić information content (AvgIpc) is 4.05. The maximum atomic E-state index is 15.3. The van der Waals surface area contributed by atoms with E-state index in [1.807, 2.05) is 0 Å². The molecule has 84 heavy (non-hydrogen) atoms. The summed E-state index contributed by atoms with van der Waals surface area (Å²) < 4.78 is -1.45. The number of aliphatic hydroxyl groups is 2. The summed E-state index contributed by atoms with van der Waals surface area (Å²) in [6.07, 6.45) is -2.37. The Labute approximate surface area is 488 Å². The van der Waals surface area contributed by atoms with E-state index in [4.69, 9.17) is 17.2 Å². The summed E-state index contributed by atoms with van der Waals surface area (Å²) >= 11 is 1.07. The van der Waals surface area contributed by atoms with Gasteiger partial charge in [-0.3, -0.25) is 57.8 Å². The third-order valence-electron chi connectivity index (χ3n) is 13.5. The minimum absolute atomic E-state index is 0.00300. The lowest BCUT2D eigenvalue weighted by Crippen LogP contribution is -2.64. The number of nitrogens with two attached hydrogens (primary N) is 3. The van der Waals surface area contributed by atoms with Crippen LogP contribution < -0.4 is 54.4 Å². The molecule has 1 aromatic heterocycles. The van der Waals surface area contributed by atoms with E-state index >= 15 is 4.79 Å². The first-order valence-corrected chi connectivity index (χ1v) is 27.8. The number of carboxylic acid groups (broad SMARTS) is 1. The van der Waals surface area contributed by atoms with Crippen molar-refractivity contribution in [3.63, 3.8) is 0 Å². The Kier molecular flexibility index (Phi) is 25.9. The second-order valence-corrected chi connectivity index (χ2v) is 22.6. The Morgan fingerprint density at radius 2 is 1.46 bits per heavy atom. The molecule has 9 amide bonds. The number of aromatic nitrogens is 1. The fraction of sp³-hybridized carbons (Fsp3) is 0.519. The third-order valence-corrected chi connectivity index (χ3v) is 15.0. The number of H-pyrrole nitrogens is 1. The highest BCUT2D eigenvalue weighted by atomic mass is 32.2. The van der Waals surface area contributed by atoms with Crippen LogP contribution in [0.5, 0.6) is 0 Å². The van der Waals surface area contributed by atoms with E-state index in [0.717, 1.165) is 30.7 Å². The molecular weight excluding hydrogens is 1120 g/mol. The maximum Gasteiger partial charge on any atom is 0.342 e. The lowest BCUT2D eigenvalue weighted by Gasteiger charge is -2.36. The number of aliphatic hydroxyl groups excluding tert-OH is 2. The number of thioether (sulfide) groups is 1. The molecule has 2 heterocycles. The van der Waals surface area contributed by atoms with Crippen LogP contribution in [-0.2, 0) is 69.9 Å². The van der Waals surface area contributed by atoms with E-state index in [1.54, 1.807) is 76.4 Å². The number of aromatic amines is 1. The fourth-order valence-electron chi connectivity index (χ4n) is 9.01. The van der Waals surface area contributed by atoms with Crippen molar-refractivity contribution < 1.29 is 77.8 Å². The summed E-state index contributed by atoms with van der Waals surface area (Å²) in [6, 6.07) is -0.0358. The first-order chi connectivity index (χ1) is 39.6. The molecule has 17 N–H and O–H groups in total. The van der Waals surface area contributed by atoms with E-state index in [1.165, 1.54) is 13.1 Å². The summed E-state index contributed by atoms with van der Waals surface area (Å²) in [7, 11) is 2.41. The maximum absolute atomic E-state index is 15.3. The van der Waals surface area contributed by atoms with Gasteiger partial charge in [-0.1, -0.05) is 50.2 Å². The smallest absolute Gasteiger partial charge is 0.342 e. The number of hydrogen-bond donors (Lipinski definition) is 14. The molecule has 1 aliphatic heterocycles. The number of nitrogens with zero attached hydrogens (tertiary/aromatic N) is 2. The summed E-state index contributed by atoms with van der Waals surface area (Å²) in [4.78, 5) is 170. The van der Waals surface area contributed by atoms with Crippen molar-refractivity contribution in [2.45, 2.75) is 145 Å². The second-order valence-electron chi connectivity index (χ2n) is 20.9. The van der Waals surface area contributed by atoms with Crippen molar-refractivity contribution in [2.24, 2.45) is 28.1 Å². The summed E-state index contributed by atoms with van der Waals surface area (Å²) in [6.45, 7) is 6.61. The number of carbonyl (C=O) groups excluding carboxylic acids is 10. The average molecular weight is 1200 g/mol. The van der Waals surface area contributed by atoms with Gasteiger partial charge in [-0.15, -0.1) is 11.8 Å². The van der Waals surface area contributed by atoms with Crippen LogP contribution in [0.25, 0.3) is 10.9 Å². The van der Waals surface area contributed by atoms with Gasteiger partial charge in [0.25, 0.3) is 5.91 Å². The standard InChI is InChI=1S/C54H77N13O16S/c1-27(2)21-35-47(76)66-43(51(80)63-36(22-30-24-59-33-16-11-10-14-31(30)33)45(74)60-34(44(55)73)18-19-41(72)83-82-7)54(4,5)84-26-29-13-8-9-15-32(29)52(81)67(6)39(17-12-20-58-53(56)57)49(78)64-38(25-68)48(77)61-37(23-40(70)71)46(75)65-42(28(3)69)50(79)62-35/h8-11,13-16,24,27-28,34-39,42-43,59,68-69H,12,17-23,25-26H2,1-7H3,(H2,55,73)(H,60,74)(H,61,77)(H,62,79)(H,63,80)(H,64,78)(H,65,75)(H,66,76)(H,70,71)(H4,56,57,58)/t28-,34-,35+,36+,37+,38+,39+,42+,43?/m1/s1. The molecule has 1 aliphatic rings. The number of nitrogens with one attached hydrogen (secondary N) is 8. The number of aliphatic imine (C=N–C) groups is 1. The van der Waals surface area contributed by atoms with Crippen molar-refractivity contribution in [3.05, 3.63) is 71.4 Å². The number of rotatable bonds is 21. The highest BCUT2D eigenvalue weighted by molar-refractivity contribution is 7.99. The molecule has 0 bridgehead atoms. The monoisotopic (exact) mass is 1200 g/mol. The fourth-order valence-corrected chi connectivity index (χ4v) is 10.1. The predicted molar refractivity (Wildman–Crippen MR) is 305 cm³/mol. The lowest BCUT2D eigenvalue weighted by molar-refractivity contribution is -0.255. The van der Waals surface area contributed by atoms with E-state index in [0.29, 0.717) is 22.0 Å². The van der Waals surface area contributed by atoms with E-state index in [2.05, 4.69) is 57.0 Å². The number of carbonyl (C=O) groups is 11. The minimum Gasteiger partial charge on any atom is -0.481 e. The molecule has 0 saturated carbocycles. The number of likely N-dealkylation sites (N-methyl/N-ethyl adjacent to an activating group) is 1. The summed E-state index contributed by atoms with van der Waals surface area (Å²) in [5.41, 5.74) is 18.4. The number of carboxylic acids is 1. The summed E-state index contributed by atoms with van der Waals surface area (Å²) in [5.74, 6) is -12.5. The van der Waals surface area contributed by atoms with Gasteiger partial charge in [-0.05, 0) is 75.6 Å². The molecule has 29 nitrogen and oxygen atoms in total. The Bertz CT molecular complexity index is 2900. The van der Waals surface area contributed by atoms with Gasteiger partial charge in [0.15, 0.2) is 5.96 Å². The number of fused-ring (bicyclic) bond motifs is 2. The van der Waals surface area contributed by atoms with Crippen LogP contribution in [0.3, 0.4) is 0 Å². The van der Waals surface area contributed by atoms with Gasteiger partial charge in [0.05, 0.1) is 32.7 Å². The number of hydrogen-bond acceptors (Lipinski definition) is 17. The van der Waals surface area contributed by atoms with Crippen molar-refractivity contribution in [2.75, 3.05) is 27.3 Å². The molecule has 3 aromatic rings. The van der Waals surface area contributed by atoms with Crippen LogP contribution >= 0.6 is 11.8 Å². The molecule has 0 fully saturated rings. The number of para-hydroxylation sites is 1. The van der Waals surface area contributed by atoms with Crippen LogP contribution in [0.1, 0.15) is 94.6 Å². The van der Waals surface area contributed by atoms with Crippen LogP contribution in [0.2, 0.25) is 0 Å². The molecule has 0 saturated heterocycles. The lowest BCUT2D eigenvalue weighted by atomic mass is 9.97. The van der Waals surface area contributed by atoms with Crippen LogP contribution in [0, 0.1) is 5.92 Å². The van der Waals surface area contributed by atoms with Crippen molar-refractivity contribution >= 4 is 93.7 Å². The van der Waals surface area contributed by atoms with Crippen LogP contribution in [0.15, 0.2) is 59.7 Å². The van der Waals surface area contributed by atoms with Gasteiger partial charge < -0.3 is 79.6 Å². The molecule has 1 unspecified atom stereocenters. The van der Waals surface area contributed by atoms with Gasteiger partial charge >= 0.3 is 11.9 Å². The summed E-state index contributed by atoms with van der Waals surface area (Å²) in [5, 5.41) is 49.1. The largest absolute Gasteiger partial charge is 0.481 e. The molecule has 9 atom stereocenters. The van der Waals surface area contributed by atoms with Crippen molar-refractivity contribution in [1.29, 1.82) is 0 Å². The number of benzene rings is 2. The Morgan fingerprint density at radius 3 is 2.10 bits per heavy atom. The normalized spacial score (nSPS) is 21.4. The number of primary amides is 1. The quantitative estimate of drug-likeness (QED) is 0.0174. The van der Waals surface area contributed by atoms with Gasteiger partial charge in [0.1, 0.15) is 48.3 Å². The third kappa shape index (κ3) is 19.9. The number of amides is 9. The molecule has 460 valence electrons. The molecule has 4 rings (SSSR count). The molecule has 2 aromatic carbocycles. The van der Waals surface area contributed by atoms with Crippen molar-refractivity contribution in [1.82, 2.24) is 47.1 Å². The zero-order chi connectivity index (χ0) is 62.6. The minimum atomic E-state index is -2.01. The highest BCUT2D eigenvalue weighted by Gasteiger charge is 2.42. The van der Waals surface area contributed by atoms with Crippen LogP contribution in [0.4, 0.5) is 0 Å². The van der Waals surface area contributed by atoms with Gasteiger partial charge in [0, 0.05) is 53.2 Å². The van der Waals surface area contributed by atoms with E-state index in [-0.39, 0.29) is 61.8 Å². The van der Waals surface area contributed by atoms with Gasteiger partial charge in [0.2, 0.25) is 47.3 Å². The number of guanidine groups is 1. The van der Waals surface area contributed by atoms with Crippen LogP contribution in [-0.4, -0.2) is 183 Å². The van der Waals surface area contributed by atoms with Crippen molar-refractivity contribution in [3.8, 4) is 0 Å². The molecule has 30 heteroatoms. The molecule has 0 radical (unpaired) electrons. The molecule has 0 spiro atoms. The first-order valence-electron chi connectivity index (χ1n) is 26.8. The van der Waals surface area contributed by atoms with Gasteiger partial charge in [-0.2, -0.15) is 4.89 Å². The molecule has 0 aliphatic carbocycles. The van der Waals surface area contributed by atoms with E-state index < -0.39 is 144 Å². The topological polar surface area (TPSA) is 461 Å². The van der Waals surface area contributed by atoms with E-state index in [9.17, 15) is 63.3 Å². The predicted octanol–water partition coefficient (Wildman–Crippen LogP) is -2.41. The Hall–Kier alpha value is -8.35. The SMILES string of the molecule is COOC(=O)CC[C@@H](NC(=O)[C@H](Cc1c[nH]c2ccccc12)NC(=O)C1NC(=O)[C@H](CC(C)C)NC(=O)[C@H]([C@@H](C)O)NC(=O)[C@H](CC(=O)O)NC(=O)[C@H](CO)NC(=O)[C@H](CCCN=C(N)N)N(C)C(=O)c2ccccc2CSC1(C)C)C(N)=O. The van der Waals surface area contributed by atoms with Gasteiger partial charge in [-0.25, -0.2) is 4.79 Å². The zero-order valence-corrected chi connectivity index (χ0v) is 48.5.